The van der Waals surface area contributed by atoms with Crippen LogP contribution in [0, 0.1) is 6.92 Å². The van der Waals surface area contributed by atoms with E-state index < -0.39 is 0 Å². The lowest BCUT2D eigenvalue weighted by molar-refractivity contribution is -0.142. The van der Waals surface area contributed by atoms with Crippen molar-refractivity contribution in [2.75, 3.05) is 12.0 Å². The summed E-state index contributed by atoms with van der Waals surface area (Å²) in [6.07, 6.45) is 1.94. The molecule has 1 aromatic carbocycles. The highest BCUT2D eigenvalue weighted by Crippen LogP contribution is 2.16. The van der Waals surface area contributed by atoms with E-state index >= 15 is 0 Å². The van der Waals surface area contributed by atoms with Crippen LogP contribution in [0.4, 0.5) is 5.13 Å². The molecule has 110 valence electrons. The number of rotatable bonds is 6. The van der Waals surface area contributed by atoms with Crippen LogP contribution in [0.25, 0.3) is 0 Å². The number of benzene rings is 1. The number of aryl methyl sites for hydroxylation is 1. The maximum Gasteiger partial charge on any atom is 0.311 e. The maximum absolute atomic E-state index is 11.4. The first-order chi connectivity index (χ1) is 10.2. The molecule has 0 saturated heterocycles. The average Bonchev–Trinajstić information content (AvgIpc) is 2.88. The summed E-state index contributed by atoms with van der Waals surface area (Å²) in [6, 6.07) is 7.98. The van der Waals surface area contributed by atoms with E-state index in [-0.39, 0.29) is 12.4 Å². The number of carbonyl (C=O) groups is 1. The van der Waals surface area contributed by atoms with Crippen molar-refractivity contribution < 1.29 is 9.53 Å². The van der Waals surface area contributed by atoms with Gasteiger partial charge in [0, 0.05) is 5.38 Å². The lowest BCUT2D eigenvalue weighted by atomic mass is 10.1. The molecule has 0 unspecified atom stereocenters. The van der Waals surface area contributed by atoms with E-state index in [1.807, 2.05) is 36.6 Å². The second-order valence-electron chi connectivity index (χ2n) is 4.35. The molecule has 2 rings (SSSR count). The summed E-state index contributed by atoms with van der Waals surface area (Å²) in [5.41, 5.74) is 5.76. The van der Waals surface area contributed by atoms with Crippen LogP contribution in [0.15, 0.2) is 34.7 Å². The van der Waals surface area contributed by atoms with Crippen LogP contribution >= 0.6 is 11.3 Å². The molecule has 0 aliphatic heterocycles. The topological polar surface area (TPSA) is 63.6 Å². The Balaban J connectivity index is 1.91. The number of hydrazone groups is 1. The summed E-state index contributed by atoms with van der Waals surface area (Å²) < 4.78 is 4.88. The van der Waals surface area contributed by atoms with Gasteiger partial charge in [-0.3, -0.25) is 10.2 Å². The Labute approximate surface area is 127 Å². The third kappa shape index (κ3) is 4.68. The van der Waals surface area contributed by atoms with Gasteiger partial charge in [-0.1, -0.05) is 24.3 Å². The molecule has 0 radical (unpaired) electrons. The number of aromatic nitrogens is 1. The maximum atomic E-state index is 11.4. The molecule has 1 heterocycles. The van der Waals surface area contributed by atoms with Gasteiger partial charge in [0.15, 0.2) is 0 Å². The zero-order valence-electron chi connectivity index (χ0n) is 12.0. The summed E-state index contributed by atoms with van der Waals surface area (Å²) >= 11 is 1.41. The number of thiazole rings is 1. The molecule has 0 fully saturated rings. The van der Waals surface area contributed by atoms with Crippen molar-refractivity contribution in [1.29, 1.82) is 0 Å². The second kappa shape index (κ2) is 7.54. The Bertz CT molecular complexity index is 637. The molecule has 0 bridgehead atoms. The van der Waals surface area contributed by atoms with Crippen molar-refractivity contribution in [3.05, 3.63) is 46.5 Å². The molecule has 0 aliphatic carbocycles. The predicted molar refractivity (Wildman–Crippen MR) is 84.8 cm³/mol. The molecule has 0 amide bonds. The summed E-state index contributed by atoms with van der Waals surface area (Å²) in [5, 5.41) is 6.63. The van der Waals surface area contributed by atoms with Crippen LogP contribution in [0.1, 0.15) is 23.7 Å². The van der Waals surface area contributed by atoms with Crippen LogP contribution in [-0.4, -0.2) is 23.8 Å². The third-order valence-corrected chi connectivity index (χ3v) is 3.53. The van der Waals surface area contributed by atoms with Crippen LogP contribution < -0.4 is 5.43 Å². The number of hydrogen-bond donors (Lipinski definition) is 1. The fourth-order valence-corrected chi connectivity index (χ4v) is 2.35. The van der Waals surface area contributed by atoms with Gasteiger partial charge in [-0.2, -0.15) is 5.10 Å². The number of esters is 1. The number of hydrogen-bond acceptors (Lipinski definition) is 6. The van der Waals surface area contributed by atoms with E-state index in [2.05, 4.69) is 15.5 Å². The van der Waals surface area contributed by atoms with Crippen molar-refractivity contribution in [3.8, 4) is 0 Å². The molecule has 5 nitrogen and oxygen atoms in total. The van der Waals surface area contributed by atoms with Gasteiger partial charge in [0.05, 0.1) is 24.9 Å². The van der Waals surface area contributed by atoms with Gasteiger partial charge < -0.3 is 4.74 Å². The summed E-state index contributed by atoms with van der Waals surface area (Å²) in [7, 11) is 0. The lowest BCUT2D eigenvalue weighted by Gasteiger charge is -1.99. The summed E-state index contributed by atoms with van der Waals surface area (Å²) in [5.74, 6) is -0.266. The minimum absolute atomic E-state index is 0.188. The SMILES string of the molecule is CCOC(=O)Cc1csc(N/N=C\c2ccccc2C)n1. The van der Waals surface area contributed by atoms with E-state index in [0.29, 0.717) is 17.4 Å². The van der Waals surface area contributed by atoms with Crippen LogP contribution in [-0.2, 0) is 16.0 Å². The number of nitrogens with one attached hydrogen (secondary N) is 1. The Morgan fingerprint density at radius 2 is 2.29 bits per heavy atom. The zero-order chi connectivity index (χ0) is 15.1. The fourth-order valence-electron chi connectivity index (χ4n) is 1.69. The first-order valence-electron chi connectivity index (χ1n) is 6.63. The Hall–Kier alpha value is -2.21. The zero-order valence-corrected chi connectivity index (χ0v) is 12.8. The molecular weight excluding hydrogens is 286 g/mol. The number of anilines is 1. The number of carbonyl (C=O) groups excluding carboxylic acids is 1. The Kier molecular flexibility index (Phi) is 5.45. The van der Waals surface area contributed by atoms with Crippen molar-refractivity contribution in [2.24, 2.45) is 5.10 Å². The van der Waals surface area contributed by atoms with Crippen molar-refractivity contribution in [3.63, 3.8) is 0 Å². The van der Waals surface area contributed by atoms with Gasteiger partial charge in [0.1, 0.15) is 0 Å². The quantitative estimate of drug-likeness (QED) is 0.506. The molecule has 2 aromatic rings. The third-order valence-electron chi connectivity index (χ3n) is 2.73. The van der Waals surface area contributed by atoms with E-state index in [4.69, 9.17) is 4.74 Å². The second-order valence-corrected chi connectivity index (χ2v) is 5.21. The van der Waals surface area contributed by atoms with Crippen molar-refractivity contribution in [1.82, 2.24) is 4.98 Å². The smallest absolute Gasteiger partial charge is 0.311 e. The first kappa shape index (κ1) is 15.2. The van der Waals surface area contributed by atoms with Gasteiger partial charge >= 0.3 is 5.97 Å². The van der Waals surface area contributed by atoms with Gasteiger partial charge in [-0.15, -0.1) is 11.3 Å². The first-order valence-corrected chi connectivity index (χ1v) is 7.51. The van der Waals surface area contributed by atoms with Gasteiger partial charge in [-0.05, 0) is 25.0 Å². The van der Waals surface area contributed by atoms with Gasteiger partial charge in [-0.25, -0.2) is 4.98 Å². The minimum Gasteiger partial charge on any atom is -0.466 e. The summed E-state index contributed by atoms with van der Waals surface area (Å²) in [6.45, 7) is 4.20. The van der Waals surface area contributed by atoms with Crippen LogP contribution in [0.5, 0.6) is 0 Å². The van der Waals surface area contributed by atoms with Crippen LogP contribution in [0.2, 0.25) is 0 Å². The lowest BCUT2D eigenvalue weighted by Crippen LogP contribution is -2.07. The molecule has 21 heavy (non-hydrogen) atoms. The molecule has 1 aromatic heterocycles. The molecule has 0 aliphatic rings. The van der Waals surface area contributed by atoms with Crippen molar-refractivity contribution in [2.45, 2.75) is 20.3 Å². The highest BCUT2D eigenvalue weighted by molar-refractivity contribution is 7.13. The Morgan fingerprint density at radius 1 is 1.48 bits per heavy atom. The predicted octanol–water partition coefficient (Wildman–Crippen LogP) is 3.00. The largest absolute Gasteiger partial charge is 0.466 e. The van der Waals surface area contributed by atoms with Gasteiger partial charge in [0.25, 0.3) is 0 Å². The summed E-state index contributed by atoms with van der Waals surface area (Å²) in [4.78, 5) is 15.6. The van der Waals surface area contributed by atoms with E-state index in [1.54, 1.807) is 13.1 Å². The molecule has 0 atom stereocenters. The highest BCUT2D eigenvalue weighted by atomic mass is 32.1. The number of nitrogens with zero attached hydrogens (tertiary/aromatic N) is 2. The van der Waals surface area contributed by atoms with Gasteiger partial charge in [0.2, 0.25) is 5.13 Å². The Morgan fingerprint density at radius 3 is 3.05 bits per heavy atom. The standard InChI is InChI=1S/C15H17N3O2S/c1-3-20-14(19)8-13-10-21-15(17-13)18-16-9-12-7-5-4-6-11(12)2/h4-7,9-10H,3,8H2,1-2H3,(H,17,18)/b16-9-. The minimum atomic E-state index is -0.266. The van der Waals surface area contributed by atoms with E-state index in [9.17, 15) is 4.79 Å². The average molecular weight is 303 g/mol. The fraction of sp³-hybridized carbons (Fsp3) is 0.267. The molecule has 6 heteroatoms. The number of ether oxygens (including phenoxy) is 1. The molecule has 1 N–H and O–H groups in total. The highest BCUT2D eigenvalue weighted by Gasteiger charge is 2.07. The normalized spacial score (nSPS) is 10.8. The van der Waals surface area contributed by atoms with Crippen LogP contribution in [0.3, 0.4) is 0 Å². The monoisotopic (exact) mass is 303 g/mol. The molecular formula is C15H17N3O2S. The molecule has 0 spiro atoms. The molecule has 0 saturated carbocycles. The van der Waals surface area contributed by atoms with E-state index in [0.717, 1.165) is 11.1 Å². The van der Waals surface area contributed by atoms with E-state index in [1.165, 1.54) is 11.3 Å². The van der Waals surface area contributed by atoms with Crippen molar-refractivity contribution >= 4 is 28.7 Å².